The summed E-state index contributed by atoms with van der Waals surface area (Å²) >= 11 is 0. The molecule has 0 N–H and O–H groups in total. The molecule has 2 heterocycles. The molecule has 0 saturated carbocycles. The van der Waals surface area contributed by atoms with Crippen molar-refractivity contribution in [3.05, 3.63) is 168 Å². The minimum atomic E-state index is 1.17. The van der Waals surface area contributed by atoms with Gasteiger partial charge in [0.05, 0.1) is 22.1 Å². The van der Waals surface area contributed by atoms with Gasteiger partial charge in [-0.05, 0) is 127 Å². The van der Waals surface area contributed by atoms with Gasteiger partial charge < -0.3 is 9.13 Å². The van der Waals surface area contributed by atoms with Crippen molar-refractivity contribution >= 4 is 66.5 Å². The van der Waals surface area contributed by atoms with Gasteiger partial charge in [-0.1, -0.05) is 125 Å². The van der Waals surface area contributed by atoms with E-state index in [9.17, 15) is 0 Å². The van der Waals surface area contributed by atoms with Gasteiger partial charge in [0.2, 0.25) is 0 Å². The number of rotatable bonds is 5. The first kappa shape index (κ1) is 36.2. The molecule has 0 radical (unpaired) electrons. The molecule has 268 valence electrons. The minimum Gasteiger partial charge on any atom is -0.309 e. The Morgan fingerprint density at radius 1 is 0.426 bits per heavy atom. The maximum Gasteiger partial charge on any atom is 0.0622 e. The van der Waals surface area contributed by atoms with E-state index in [1.54, 1.807) is 0 Å². The maximum atomic E-state index is 2.46. The van der Waals surface area contributed by atoms with E-state index in [1.807, 2.05) is 27.7 Å². The summed E-state index contributed by atoms with van der Waals surface area (Å²) in [7, 11) is 0. The normalized spacial score (nSPS) is 11.6. The van der Waals surface area contributed by atoms with Gasteiger partial charge in [0.25, 0.3) is 0 Å². The Morgan fingerprint density at radius 2 is 0.889 bits per heavy atom. The van der Waals surface area contributed by atoms with Crippen LogP contribution in [0.3, 0.4) is 0 Å². The van der Waals surface area contributed by atoms with E-state index < -0.39 is 0 Å². The second-order valence-electron chi connectivity index (χ2n) is 13.3. The number of aromatic nitrogens is 2. The lowest BCUT2D eigenvalue weighted by Crippen LogP contribution is -1.99. The fourth-order valence-corrected chi connectivity index (χ4v) is 8.10. The van der Waals surface area contributed by atoms with Crippen LogP contribution in [0, 0.1) is 13.8 Å². The number of para-hydroxylation sites is 2. The van der Waals surface area contributed by atoms with Crippen LogP contribution in [0.1, 0.15) is 63.8 Å². The van der Waals surface area contributed by atoms with Crippen LogP contribution in [-0.2, 0) is 0 Å². The van der Waals surface area contributed by atoms with E-state index in [4.69, 9.17) is 0 Å². The molecule has 0 amide bonds. The number of fused-ring (bicyclic) bond motifs is 7. The minimum absolute atomic E-state index is 1.17. The number of nitrogens with zero attached hydrogens (tertiary/aromatic N) is 2. The van der Waals surface area contributed by atoms with Crippen molar-refractivity contribution in [3.63, 3.8) is 0 Å². The predicted molar refractivity (Wildman–Crippen MR) is 240 cm³/mol. The molecule has 0 fully saturated rings. The fraction of sp³-hybridized carbons (Fsp3) is 0.154. The van der Waals surface area contributed by atoms with E-state index >= 15 is 0 Å². The Labute approximate surface area is 320 Å². The summed E-state index contributed by atoms with van der Waals surface area (Å²) in [5.74, 6) is 0. The lowest BCUT2D eigenvalue weighted by atomic mass is 9.91. The first-order chi connectivity index (χ1) is 26.6. The molecule has 7 aromatic carbocycles. The van der Waals surface area contributed by atoms with Gasteiger partial charge in [-0.2, -0.15) is 0 Å². The van der Waals surface area contributed by atoms with E-state index in [0.29, 0.717) is 0 Å². The van der Waals surface area contributed by atoms with Crippen molar-refractivity contribution in [3.8, 4) is 22.5 Å². The van der Waals surface area contributed by atoms with Crippen molar-refractivity contribution in [1.29, 1.82) is 0 Å². The summed E-state index contributed by atoms with van der Waals surface area (Å²) < 4.78 is 4.87. The number of allylic oxidation sites excluding steroid dienone is 2. The zero-order valence-corrected chi connectivity index (χ0v) is 32.9. The zero-order valence-electron chi connectivity index (χ0n) is 32.9. The number of hydrogen-bond donors (Lipinski definition) is 0. The Hall–Kier alpha value is -6.12. The summed E-state index contributed by atoms with van der Waals surface area (Å²) in [6.45, 7) is 16.8. The summed E-state index contributed by atoms with van der Waals surface area (Å²) in [6.07, 6.45) is 8.91. The van der Waals surface area contributed by atoms with E-state index in [-0.39, 0.29) is 0 Å². The highest BCUT2D eigenvalue weighted by Gasteiger charge is 2.22. The topological polar surface area (TPSA) is 9.86 Å². The quantitative estimate of drug-likeness (QED) is 0.169. The highest BCUT2D eigenvalue weighted by molar-refractivity contribution is 6.18. The largest absolute Gasteiger partial charge is 0.309 e. The third kappa shape index (κ3) is 5.93. The molecular weight excluding hydrogens is 653 g/mol. The van der Waals surface area contributed by atoms with Crippen molar-refractivity contribution in [1.82, 2.24) is 9.13 Å². The van der Waals surface area contributed by atoms with Gasteiger partial charge in [0.1, 0.15) is 0 Å². The third-order valence-corrected chi connectivity index (χ3v) is 10.5. The van der Waals surface area contributed by atoms with Crippen molar-refractivity contribution in [2.24, 2.45) is 0 Å². The zero-order chi connectivity index (χ0) is 37.9. The molecule has 0 aliphatic carbocycles. The molecule has 0 aliphatic rings. The van der Waals surface area contributed by atoms with Gasteiger partial charge in [-0.15, -0.1) is 0 Å². The van der Waals surface area contributed by atoms with E-state index in [0.717, 1.165) is 0 Å². The van der Waals surface area contributed by atoms with Crippen LogP contribution in [0.15, 0.2) is 146 Å². The van der Waals surface area contributed by atoms with Crippen LogP contribution in [-0.4, -0.2) is 9.13 Å². The molecule has 0 unspecified atom stereocenters. The highest BCUT2D eigenvalue weighted by atomic mass is 15.0. The van der Waals surface area contributed by atoms with Crippen LogP contribution in [0.4, 0.5) is 0 Å². The number of hydrogen-bond acceptors (Lipinski definition) is 0. The third-order valence-electron chi connectivity index (χ3n) is 10.5. The smallest absolute Gasteiger partial charge is 0.0622 e. The Balaban J connectivity index is 0.00000109. The summed E-state index contributed by atoms with van der Waals surface area (Å²) in [4.78, 5) is 0. The molecule has 9 rings (SSSR count). The fourth-order valence-electron chi connectivity index (χ4n) is 8.10. The van der Waals surface area contributed by atoms with Gasteiger partial charge in [0.15, 0.2) is 0 Å². The van der Waals surface area contributed by atoms with Crippen LogP contribution in [0.25, 0.3) is 89.0 Å². The molecule has 2 aromatic heterocycles. The first-order valence-electron chi connectivity index (χ1n) is 19.5. The SMILES string of the molecule is C/C=C\c1c(C)c(C)c(/C=C\C)c2c1c1cc(-c3ccc4c(c3)c3cc5ccccc5cc3n4-c3ccccc3)ccc1n2-c1ccccc1.CC.CC. The van der Waals surface area contributed by atoms with Crippen molar-refractivity contribution in [2.45, 2.75) is 55.4 Å². The molecule has 0 aliphatic heterocycles. The molecule has 0 bridgehead atoms. The lowest BCUT2D eigenvalue weighted by molar-refractivity contribution is 1.17. The second kappa shape index (κ2) is 15.5. The first-order valence-corrected chi connectivity index (χ1v) is 19.5. The van der Waals surface area contributed by atoms with Crippen LogP contribution >= 0.6 is 0 Å². The second-order valence-corrected chi connectivity index (χ2v) is 13.3. The molecule has 0 atom stereocenters. The molecule has 54 heavy (non-hydrogen) atoms. The lowest BCUT2D eigenvalue weighted by Gasteiger charge is -2.15. The Morgan fingerprint density at radius 3 is 1.48 bits per heavy atom. The molecular formula is C52H50N2. The number of benzene rings is 7. The van der Waals surface area contributed by atoms with Crippen molar-refractivity contribution in [2.75, 3.05) is 0 Å². The standard InChI is InChI=1S/C48H38N2.2C2H6/c1-5-15-39-31(3)32(4)40(16-6-2)48-47(39)43-29-36(24-26-45(43)50(48)38-21-11-8-12-22-38)35-23-25-44-41(28-35)42-27-33-17-13-14-18-34(33)30-46(42)49(44)37-19-9-7-10-20-37;2*1-2/h5-30H,1-4H3;2*1-2H3/b15-5-,16-6-;;. The van der Waals surface area contributed by atoms with Crippen LogP contribution in [0.2, 0.25) is 0 Å². The highest BCUT2D eigenvalue weighted by Crippen LogP contribution is 2.43. The van der Waals surface area contributed by atoms with E-state index in [1.165, 1.54) is 99.1 Å². The monoisotopic (exact) mass is 702 g/mol. The molecule has 2 nitrogen and oxygen atoms in total. The molecule has 0 spiro atoms. The molecule has 2 heteroatoms. The molecule has 0 saturated heterocycles. The Kier molecular flexibility index (Phi) is 10.4. The predicted octanol–water partition coefficient (Wildman–Crippen LogP) is 15.4. The van der Waals surface area contributed by atoms with E-state index in [2.05, 4.69) is 195 Å². The molecule has 9 aromatic rings. The average Bonchev–Trinajstić information content (AvgIpc) is 3.74. The van der Waals surface area contributed by atoms with Gasteiger partial charge in [0, 0.05) is 38.5 Å². The van der Waals surface area contributed by atoms with Crippen LogP contribution < -0.4 is 0 Å². The van der Waals surface area contributed by atoms with Crippen molar-refractivity contribution < 1.29 is 0 Å². The average molecular weight is 703 g/mol. The van der Waals surface area contributed by atoms with Gasteiger partial charge in [-0.3, -0.25) is 0 Å². The maximum absolute atomic E-state index is 2.46. The van der Waals surface area contributed by atoms with Gasteiger partial charge >= 0.3 is 0 Å². The Bertz CT molecular complexity index is 2830. The summed E-state index contributed by atoms with van der Waals surface area (Å²) in [5, 5.41) is 7.60. The summed E-state index contributed by atoms with van der Waals surface area (Å²) in [6, 6.07) is 49.0. The summed E-state index contributed by atoms with van der Waals surface area (Å²) in [5.41, 5.74) is 14.9. The van der Waals surface area contributed by atoms with Gasteiger partial charge in [-0.25, -0.2) is 0 Å². The van der Waals surface area contributed by atoms with Crippen LogP contribution in [0.5, 0.6) is 0 Å².